The molecule has 5 nitrogen and oxygen atoms in total. The van der Waals surface area contributed by atoms with E-state index in [1.165, 1.54) is 0 Å². The maximum Gasteiger partial charge on any atom is 0.265 e. The predicted octanol–water partition coefficient (Wildman–Crippen LogP) is 4.82. The van der Waals surface area contributed by atoms with Crippen molar-refractivity contribution in [1.29, 1.82) is 0 Å². The van der Waals surface area contributed by atoms with Gasteiger partial charge in [-0.2, -0.15) is 0 Å². The highest BCUT2D eigenvalue weighted by atomic mass is 16.1. The Hall–Kier alpha value is -3.73. The van der Waals surface area contributed by atoms with E-state index in [1.807, 2.05) is 43.3 Å². The molecule has 0 fully saturated rings. The molecule has 1 heterocycles. The second-order valence-corrected chi connectivity index (χ2v) is 7.28. The minimum Gasteiger partial charge on any atom is -0.321 e. The van der Waals surface area contributed by atoms with Crippen molar-refractivity contribution in [2.24, 2.45) is 0 Å². The van der Waals surface area contributed by atoms with E-state index in [9.17, 15) is 9.59 Å². The smallest absolute Gasteiger partial charge is 0.265 e. The van der Waals surface area contributed by atoms with Gasteiger partial charge in [0.15, 0.2) is 0 Å². The Morgan fingerprint density at radius 2 is 1.70 bits per heavy atom. The van der Waals surface area contributed by atoms with Crippen LogP contribution >= 0.6 is 0 Å². The minimum atomic E-state index is -0.175. The van der Waals surface area contributed by atoms with E-state index in [-0.39, 0.29) is 11.5 Å². The molecule has 1 N–H and O–H groups in total. The zero-order valence-electron chi connectivity index (χ0n) is 17.3. The van der Waals surface area contributed by atoms with Crippen LogP contribution in [0, 0.1) is 13.8 Å². The van der Waals surface area contributed by atoms with Crippen molar-refractivity contribution in [1.82, 2.24) is 9.55 Å². The number of nitrogens with zero attached hydrogens (tertiary/aromatic N) is 2. The monoisotopic (exact) mass is 397 g/mol. The highest BCUT2D eigenvalue weighted by Crippen LogP contribution is 2.22. The van der Waals surface area contributed by atoms with Crippen LogP contribution in [0.3, 0.4) is 0 Å². The predicted molar refractivity (Wildman–Crippen MR) is 121 cm³/mol. The number of fused-ring (bicyclic) bond motifs is 1. The summed E-state index contributed by atoms with van der Waals surface area (Å²) in [6.45, 7) is 5.86. The van der Waals surface area contributed by atoms with Crippen molar-refractivity contribution in [2.45, 2.75) is 27.2 Å². The summed E-state index contributed by atoms with van der Waals surface area (Å²) in [5, 5.41) is 3.60. The van der Waals surface area contributed by atoms with E-state index in [0.717, 1.165) is 23.2 Å². The molecule has 30 heavy (non-hydrogen) atoms. The molecule has 0 aliphatic rings. The van der Waals surface area contributed by atoms with Gasteiger partial charge in [0, 0.05) is 11.3 Å². The van der Waals surface area contributed by atoms with Crippen LogP contribution in [-0.2, 0) is 6.42 Å². The number of carbonyl (C=O) groups is 1. The molecule has 0 saturated heterocycles. The molecule has 4 rings (SSSR count). The number of para-hydroxylation sites is 2. The van der Waals surface area contributed by atoms with Crippen LogP contribution in [0.4, 0.5) is 5.69 Å². The number of amides is 1. The molecule has 3 aromatic carbocycles. The molecule has 0 unspecified atom stereocenters. The van der Waals surface area contributed by atoms with Crippen LogP contribution in [-0.4, -0.2) is 15.5 Å². The zero-order chi connectivity index (χ0) is 21.3. The van der Waals surface area contributed by atoms with Gasteiger partial charge in [0.1, 0.15) is 5.82 Å². The molecular formula is C25H23N3O2. The normalized spacial score (nSPS) is 10.9. The van der Waals surface area contributed by atoms with E-state index in [1.54, 1.807) is 41.8 Å². The van der Waals surface area contributed by atoms with E-state index >= 15 is 0 Å². The van der Waals surface area contributed by atoms with E-state index in [4.69, 9.17) is 0 Å². The van der Waals surface area contributed by atoms with Gasteiger partial charge in [-0.15, -0.1) is 0 Å². The average Bonchev–Trinajstić information content (AvgIpc) is 2.75. The SMILES string of the molecule is CCc1cccc(C)c1NC(=O)c1ccc(-n2c(C)nc3ccccc3c2=O)cc1. The molecule has 0 radical (unpaired) electrons. The van der Waals surface area contributed by atoms with Gasteiger partial charge in [-0.3, -0.25) is 14.2 Å². The molecular weight excluding hydrogens is 374 g/mol. The van der Waals surface area contributed by atoms with Crippen molar-refractivity contribution in [2.75, 3.05) is 5.32 Å². The summed E-state index contributed by atoms with van der Waals surface area (Å²) < 4.78 is 1.57. The Morgan fingerprint density at radius 1 is 0.967 bits per heavy atom. The molecule has 0 spiro atoms. The Bertz CT molecular complexity index is 1300. The van der Waals surface area contributed by atoms with Crippen molar-refractivity contribution in [3.05, 3.63) is 99.6 Å². The molecule has 0 saturated carbocycles. The summed E-state index contributed by atoms with van der Waals surface area (Å²) in [7, 11) is 0. The summed E-state index contributed by atoms with van der Waals surface area (Å²) in [5.41, 5.74) is 4.76. The van der Waals surface area contributed by atoms with Gasteiger partial charge < -0.3 is 5.32 Å². The maximum atomic E-state index is 13.0. The third-order valence-electron chi connectivity index (χ3n) is 5.31. The van der Waals surface area contributed by atoms with Crippen molar-refractivity contribution < 1.29 is 4.79 Å². The van der Waals surface area contributed by atoms with Crippen molar-refractivity contribution >= 4 is 22.5 Å². The third kappa shape index (κ3) is 3.50. The highest BCUT2D eigenvalue weighted by Gasteiger charge is 2.13. The van der Waals surface area contributed by atoms with E-state index in [2.05, 4.69) is 17.2 Å². The first-order valence-electron chi connectivity index (χ1n) is 9.98. The minimum absolute atomic E-state index is 0.122. The number of rotatable bonds is 4. The molecule has 1 amide bonds. The molecule has 0 aliphatic carbocycles. The summed E-state index contributed by atoms with van der Waals surface area (Å²) in [4.78, 5) is 30.3. The summed E-state index contributed by atoms with van der Waals surface area (Å²) in [5.74, 6) is 0.426. The van der Waals surface area contributed by atoms with Crippen LogP contribution in [0.15, 0.2) is 71.5 Å². The number of aromatic nitrogens is 2. The van der Waals surface area contributed by atoms with Gasteiger partial charge >= 0.3 is 0 Å². The van der Waals surface area contributed by atoms with Crippen molar-refractivity contribution in [3.8, 4) is 5.69 Å². The molecule has 150 valence electrons. The fraction of sp³-hybridized carbons (Fsp3) is 0.160. The number of benzene rings is 3. The Labute approximate surface area is 175 Å². The van der Waals surface area contributed by atoms with E-state index < -0.39 is 0 Å². The number of nitrogens with one attached hydrogen (secondary N) is 1. The first-order valence-corrected chi connectivity index (χ1v) is 9.98. The lowest BCUT2D eigenvalue weighted by Crippen LogP contribution is -2.22. The first-order chi connectivity index (χ1) is 14.5. The van der Waals surface area contributed by atoms with Gasteiger partial charge in [0.2, 0.25) is 0 Å². The largest absolute Gasteiger partial charge is 0.321 e. The van der Waals surface area contributed by atoms with Gasteiger partial charge in [-0.25, -0.2) is 4.98 Å². The fourth-order valence-electron chi connectivity index (χ4n) is 3.70. The van der Waals surface area contributed by atoms with Crippen LogP contribution < -0.4 is 10.9 Å². The third-order valence-corrected chi connectivity index (χ3v) is 5.31. The molecule has 0 aliphatic heterocycles. The molecule has 0 bridgehead atoms. The zero-order valence-corrected chi connectivity index (χ0v) is 17.3. The number of hydrogen-bond donors (Lipinski definition) is 1. The number of hydrogen-bond acceptors (Lipinski definition) is 3. The maximum absolute atomic E-state index is 13.0. The summed E-state index contributed by atoms with van der Waals surface area (Å²) in [6, 6.07) is 20.3. The van der Waals surface area contributed by atoms with Crippen LogP contribution in [0.2, 0.25) is 0 Å². The summed E-state index contributed by atoms with van der Waals surface area (Å²) in [6.07, 6.45) is 0.841. The Morgan fingerprint density at radius 3 is 2.43 bits per heavy atom. The standard InChI is InChI=1S/C25H23N3O2/c1-4-18-9-7-8-16(2)23(18)27-24(29)19-12-14-20(15-13-19)28-17(3)26-22-11-6-5-10-21(22)25(28)30/h5-15H,4H2,1-3H3,(H,27,29). The molecule has 4 aromatic rings. The highest BCUT2D eigenvalue weighted by molar-refractivity contribution is 6.05. The number of aryl methyl sites for hydroxylation is 3. The van der Waals surface area contributed by atoms with Crippen LogP contribution in [0.5, 0.6) is 0 Å². The van der Waals surface area contributed by atoms with Gasteiger partial charge in [0.25, 0.3) is 11.5 Å². The number of carbonyl (C=O) groups excluding carboxylic acids is 1. The Balaban J connectivity index is 1.67. The van der Waals surface area contributed by atoms with E-state index in [0.29, 0.717) is 28.0 Å². The molecule has 0 atom stereocenters. The average molecular weight is 397 g/mol. The van der Waals surface area contributed by atoms with Crippen LogP contribution in [0.1, 0.15) is 34.2 Å². The second-order valence-electron chi connectivity index (χ2n) is 7.28. The molecule has 1 aromatic heterocycles. The summed E-state index contributed by atoms with van der Waals surface area (Å²) >= 11 is 0. The van der Waals surface area contributed by atoms with Crippen LogP contribution in [0.25, 0.3) is 16.6 Å². The fourth-order valence-corrected chi connectivity index (χ4v) is 3.70. The lowest BCUT2D eigenvalue weighted by molar-refractivity contribution is 0.102. The first kappa shape index (κ1) is 19.6. The van der Waals surface area contributed by atoms with Gasteiger partial charge in [-0.05, 0) is 67.8 Å². The molecule has 5 heteroatoms. The van der Waals surface area contributed by atoms with Crippen molar-refractivity contribution in [3.63, 3.8) is 0 Å². The van der Waals surface area contributed by atoms with Gasteiger partial charge in [-0.1, -0.05) is 37.3 Å². The topological polar surface area (TPSA) is 64.0 Å². The Kier molecular flexibility index (Phi) is 5.19. The number of anilines is 1. The lowest BCUT2D eigenvalue weighted by Gasteiger charge is -2.14. The second kappa shape index (κ2) is 7.95. The van der Waals surface area contributed by atoms with Gasteiger partial charge in [0.05, 0.1) is 16.6 Å². The lowest BCUT2D eigenvalue weighted by atomic mass is 10.1. The quantitative estimate of drug-likeness (QED) is 0.537.